The highest BCUT2D eigenvalue weighted by Crippen LogP contribution is 2.51. The molecule has 1 amide bonds. The maximum atomic E-state index is 12.5. The van der Waals surface area contributed by atoms with E-state index in [1.54, 1.807) is 13.0 Å². The van der Waals surface area contributed by atoms with E-state index in [2.05, 4.69) is 4.99 Å². The fourth-order valence-electron chi connectivity index (χ4n) is 3.83. The number of amides is 1. The lowest BCUT2D eigenvalue weighted by atomic mass is 9.99. The number of benzene rings is 2. The fourth-order valence-corrected chi connectivity index (χ4v) is 3.83. The number of quaternary nitrogens is 1. The minimum absolute atomic E-state index is 0.215. The van der Waals surface area contributed by atoms with E-state index in [0.29, 0.717) is 23.0 Å². The van der Waals surface area contributed by atoms with Gasteiger partial charge in [0.1, 0.15) is 12.1 Å². The SMILES string of the molecule is COC(=O)c1cc(OCc2ccccc2)c2c(c1)[N+](C(=O)O)(C(C)(C)C)C(C)=N2. The van der Waals surface area contributed by atoms with Crippen molar-refractivity contribution in [3.8, 4) is 5.75 Å². The Morgan fingerprint density at radius 2 is 1.79 bits per heavy atom. The number of hydrogen-bond donors (Lipinski definition) is 1. The summed E-state index contributed by atoms with van der Waals surface area (Å²) in [7, 11) is 1.28. The number of carbonyl (C=O) groups is 2. The lowest BCUT2D eigenvalue weighted by molar-refractivity contribution is 0.0599. The van der Waals surface area contributed by atoms with Crippen LogP contribution in [-0.4, -0.2) is 35.7 Å². The van der Waals surface area contributed by atoms with Crippen molar-refractivity contribution in [3.63, 3.8) is 0 Å². The third-order valence-corrected chi connectivity index (χ3v) is 5.13. The van der Waals surface area contributed by atoms with Crippen LogP contribution in [0.5, 0.6) is 5.75 Å². The molecule has 1 aliphatic rings. The molecule has 7 nitrogen and oxygen atoms in total. The first-order chi connectivity index (χ1) is 13.6. The van der Waals surface area contributed by atoms with Crippen LogP contribution >= 0.6 is 0 Å². The summed E-state index contributed by atoms with van der Waals surface area (Å²) in [6.07, 6.45) is -1.08. The highest BCUT2D eigenvalue weighted by atomic mass is 16.5. The van der Waals surface area contributed by atoms with Crippen molar-refractivity contribution in [1.29, 1.82) is 0 Å². The van der Waals surface area contributed by atoms with Crippen LogP contribution in [0.4, 0.5) is 16.2 Å². The summed E-state index contributed by atoms with van der Waals surface area (Å²) in [6.45, 7) is 7.41. The topological polar surface area (TPSA) is 85.2 Å². The number of fused-ring (bicyclic) bond motifs is 1. The Morgan fingerprint density at radius 1 is 1.14 bits per heavy atom. The zero-order valence-electron chi connectivity index (χ0n) is 17.2. The Balaban J connectivity index is 2.19. The van der Waals surface area contributed by atoms with Gasteiger partial charge in [-0.05, 0) is 32.4 Å². The van der Waals surface area contributed by atoms with Gasteiger partial charge in [0.2, 0.25) is 5.84 Å². The molecule has 1 aliphatic heterocycles. The third kappa shape index (κ3) is 3.27. The smallest absolute Gasteiger partial charge is 0.486 e. The Hall–Kier alpha value is -3.19. The number of amidine groups is 1. The van der Waals surface area contributed by atoms with Gasteiger partial charge in [0.15, 0.2) is 17.1 Å². The molecular formula is C22H25N2O5+. The Kier molecular flexibility index (Phi) is 5.19. The minimum atomic E-state index is -1.08. The van der Waals surface area contributed by atoms with Crippen LogP contribution in [0, 0.1) is 0 Å². The van der Waals surface area contributed by atoms with Crippen LogP contribution in [0.15, 0.2) is 47.5 Å². The molecular weight excluding hydrogens is 372 g/mol. The van der Waals surface area contributed by atoms with E-state index in [9.17, 15) is 14.7 Å². The molecule has 0 fully saturated rings. The van der Waals surface area contributed by atoms with Gasteiger partial charge >= 0.3 is 12.1 Å². The maximum absolute atomic E-state index is 12.5. The zero-order valence-corrected chi connectivity index (χ0v) is 17.2. The molecule has 3 rings (SSSR count). The predicted molar refractivity (Wildman–Crippen MR) is 111 cm³/mol. The number of ether oxygens (including phenoxy) is 2. The van der Waals surface area contributed by atoms with Gasteiger partial charge in [0.05, 0.1) is 12.7 Å². The van der Waals surface area contributed by atoms with Crippen molar-refractivity contribution < 1.29 is 24.2 Å². The number of hydrogen-bond acceptors (Lipinski definition) is 5. The molecule has 1 heterocycles. The molecule has 29 heavy (non-hydrogen) atoms. The molecule has 2 aromatic rings. The van der Waals surface area contributed by atoms with Crippen LogP contribution in [0.1, 0.15) is 43.6 Å². The van der Waals surface area contributed by atoms with E-state index in [0.717, 1.165) is 5.56 Å². The first-order valence-electron chi connectivity index (χ1n) is 9.25. The summed E-state index contributed by atoms with van der Waals surface area (Å²) >= 11 is 0. The standard InChI is InChI=1S/C22H24N2O5/c1-14-23-19-17(24(14,21(26)27)22(2,3)4)11-16(20(25)28-5)12-18(19)29-13-15-9-7-6-8-10-15/h6-12H,13H2,1-5H3/p+1. The Labute approximate surface area is 169 Å². The van der Waals surface area contributed by atoms with Crippen molar-refractivity contribution >= 4 is 29.3 Å². The molecule has 0 aliphatic carbocycles. The van der Waals surface area contributed by atoms with E-state index in [-0.39, 0.29) is 12.2 Å². The fraction of sp³-hybridized carbons (Fsp3) is 0.318. The highest BCUT2D eigenvalue weighted by Gasteiger charge is 2.58. The molecule has 0 bridgehead atoms. The highest BCUT2D eigenvalue weighted by molar-refractivity contribution is 6.16. The average molecular weight is 397 g/mol. The van der Waals surface area contributed by atoms with Gasteiger partial charge in [-0.15, -0.1) is 4.48 Å². The second kappa shape index (κ2) is 7.33. The predicted octanol–water partition coefficient (Wildman–Crippen LogP) is 4.90. The Bertz CT molecular complexity index is 992. The summed E-state index contributed by atoms with van der Waals surface area (Å²) in [5.74, 6) is 0.169. The van der Waals surface area contributed by atoms with Gasteiger partial charge in [-0.1, -0.05) is 30.3 Å². The third-order valence-electron chi connectivity index (χ3n) is 5.13. The van der Waals surface area contributed by atoms with Gasteiger partial charge in [0, 0.05) is 13.0 Å². The van der Waals surface area contributed by atoms with E-state index in [4.69, 9.17) is 9.47 Å². The van der Waals surface area contributed by atoms with Crippen LogP contribution in [0.25, 0.3) is 0 Å². The normalized spacial score (nSPS) is 18.0. The molecule has 1 N–H and O–H groups in total. The first-order valence-corrected chi connectivity index (χ1v) is 9.25. The molecule has 7 heteroatoms. The number of carboxylic acid groups (broad SMARTS) is 1. The number of methoxy groups -OCH3 is 1. The van der Waals surface area contributed by atoms with E-state index >= 15 is 0 Å². The number of esters is 1. The lowest BCUT2D eigenvalue weighted by Gasteiger charge is -2.39. The van der Waals surface area contributed by atoms with Crippen molar-refractivity contribution in [2.75, 3.05) is 7.11 Å². The van der Waals surface area contributed by atoms with E-state index < -0.39 is 22.1 Å². The molecule has 1 unspecified atom stereocenters. The molecule has 0 radical (unpaired) electrons. The first kappa shape index (κ1) is 20.5. The molecule has 1 atom stereocenters. The molecule has 0 aromatic heterocycles. The molecule has 0 saturated heterocycles. The summed E-state index contributed by atoms with van der Waals surface area (Å²) < 4.78 is 10.3. The van der Waals surface area contributed by atoms with Gasteiger partial charge in [-0.2, -0.15) is 9.79 Å². The summed E-state index contributed by atoms with van der Waals surface area (Å²) in [5.41, 5.74) is 1.21. The van der Waals surface area contributed by atoms with Crippen LogP contribution in [0.2, 0.25) is 0 Å². The van der Waals surface area contributed by atoms with Gasteiger partial charge in [-0.3, -0.25) is 0 Å². The van der Waals surface area contributed by atoms with Crippen molar-refractivity contribution in [3.05, 3.63) is 53.6 Å². The van der Waals surface area contributed by atoms with Gasteiger partial charge in [-0.25, -0.2) is 4.79 Å². The van der Waals surface area contributed by atoms with Crippen molar-refractivity contribution in [2.24, 2.45) is 4.99 Å². The number of carbonyl (C=O) groups excluding carboxylic acids is 1. The average Bonchev–Trinajstić information content (AvgIpc) is 2.98. The number of aliphatic imine (C=N–C) groups is 1. The quantitative estimate of drug-likeness (QED) is 0.586. The summed E-state index contributed by atoms with van der Waals surface area (Å²) in [4.78, 5) is 29.4. The van der Waals surface area contributed by atoms with Gasteiger partial charge < -0.3 is 14.6 Å². The lowest BCUT2D eigenvalue weighted by Crippen LogP contribution is -2.66. The number of nitrogens with zero attached hydrogens (tertiary/aromatic N) is 2. The molecule has 152 valence electrons. The second-order valence-electron chi connectivity index (χ2n) is 7.89. The molecule has 0 spiro atoms. The summed E-state index contributed by atoms with van der Waals surface area (Å²) in [6, 6.07) is 12.7. The van der Waals surface area contributed by atoms with E-state index in [1.807, 2.05) is 51.1 Å². The largest absolute Gasteiger partial charge is 0.525 e. The zero-order chi connectivity index (χ0) is 21.4. The Morgan fingerprint density at radius 3 is 2.34 bits per heavy atom. The summed E-state index contributed by atoms with van der Waals surface area (Å²) in [5, 5.41) is 10.2. The van der Waals surface area contributed by atoms with Crippen molar-refractivity contribution in [1.82, 2.24) is 4.48 Å². The van der Waals surface area contributed by atoms with Crippen molar-refractivity contribution in [2.45, 2.75) is 39.8 Å². The van der Waals surface area contributed by atoms with Crippen LogP contribution in [-0.2, 0) is 11.3 Å². The minimum Gasteiger partial charge on any atom is -0.486 e. The maximum Gasteiger partial charge on any atom is 0.525 e. The van der Waals surface area contributed by atoms with Crippen LogP contribution in [0.3, 0.4) is 0 Å². The molecule has 2 aromatic carbocycles. The second-order valence-corrected chi connectivity index (χ2v) is 7.89. The molecule has 0 saturated carbocycles. The monoisotopic (exact) mass is 397 g/mol. The van der Waals surface area contributed by atoms with E-state index in [1.165, 1.54) is 13.2 Å². The van der Waals surface area contributed by atoms with Gasteiger partial charge in [0.25, 0.3) is 0 Å². The van der Waals surface area contributed by atoms with Crippen LogP contribution < -0.4 is 9.22 Å². The number of rotatable bonds is 4.